The van der Waals surface area contributed by atoms with Crippen molar-refractivity contribution in [2.24, 2.45) is 0 Å². The van der Waals surface area contributed by atoms with Crippen LogP contribution in [-0.2, 0) is 15.4 Å². The second-order valence-electron chi connectivity index (χ2n) is 7.84. The maximum atomic E-state index is 13.0. The van der Waals surface area contributed by atoms with Crippen molar-refractivity contribution in [1.82, 2.24) is 9.46 Å². The summed E-state index contributed by atoms with van der Waals surface area (Å²) < 4.78 is 32.5. The summed E-state index contributed by atoms with van der Waals surface area (Å²) in [6, 6.07) is 7.72. The van der Waals surface area contributed by atoms with Crippen LogP contribution in [0.2, 0.25) is 15.1 Å². The predicted octanol–water partition coefficient (Wildman–Crippen LogP) is 4.87. The lowest BCUT2D eigenvalue weighted by atomic mass is 9.79. The quantitative estimate of drug-likeness (QED) is 0.340. The summed E-state index contributed by atoms with van der Waals surface area (Å²) in [5, 5.41) is 25.4. The smallest absolute Gasteiger partial charge is 0.341 e. The van der Waals surface area contributed by atoms with Crippen molar-refractivity contribution in [2.45, 2.75) is 17.2 Å². The number of carbonyl (C=O) groups is 1. The third-order valence-corrected chi connectivity index (χ3v) is 8.08. The van der Waals surface area contributed by atoms with Crippen molar-refractivity contribution >= 4 is 56.5 Å². The minimum atomic E-state index is -4.23. The van der Waals surface area contributed by atoms with Crippen molar-refractivity contribution < 1.29 is 27.8 Å². The molecule has 0 spiro atoms. The van der Waals surface area contributed by atoms with Gasteiger partial charge in [0.25, 0.3) is 5.69 Å². The van der Waals surface area contributed by atoms with Crippen LogP contribution in [0.15, 0.2) is 45.8 Å². The number of carboxylic acid groups (broad SMARTS) is 1. The van der Waals surface area contributed by atoms with Gasteiger partial charge in [-0.15, -0.1) is 0 Å². The van der Waals surface area contributed by atoms with E-state index < -0.39 is 36.9 Å². The number of rotatable bonds is 6. The number of nitrogens with zero attached hydrogens (tertiary/aromatic N) is 3. The van der Waals surface area contributed by atoms with Crippen LogP contribution >= 0.6 is 34.8 Å². The van der Waals surface area contributed by atoms with Crippen molar-refractivity contribution in [1.29, 1.82) is 0 Å². The second kappa shape index (κ2) is 8.51. The highest BCUT2D eigenvalue weighted by atomic mass is 35.5. The number of sulfonamides is 1. The third kappa shape index (κ3) is 3.93. The normalized spacial score (nSPS) is 15.6. The number of halogens is 3. The van der Waals surface area contributed by atoms with Gasteiger partial charge >= 0.3 is 5.97 Å². The average molecular weight is 547 g/mol. The van der Waals surface area contributed by atoms with Gasteiger partial charge in [-0.1, -0.05) is 52.1 Å². The number of nitro benzene ring substituents is 1. The van der Waals surface area contributed by atoms with E-state index in [-0.39, 0.29) is 50.7 Å². The van der Waals surface area contributed by atoms with E-state index in [2.05, 4.69) is 5.16 Å². The van der Waals surface area contributed by atoms with E-state index in [4.69, 9.17) is 39.3 Å². The number of hydrogen-bond donors (Lipinski definition) is 1. The number of aromatic carboxylic acids is 1. The molecule has 1 aliphatic heterocycles. The molecule has 34 heavy (non-hydrogen) atoms. The lowest BCUT2D eigenvalue weighted by molar-refractivity contribution is -0.387. The molecule has 14 heteroatoms. The summed E-state index contributed by atoms with van der Waals surface area (Å²) in [6.07, 6.45) is 0. The molecule has 4 rings (SSSR count). The molecule has 2 heterocycles. The van der Waals surface area contributed by atoms with Crippen LogP contribution in [0.25, 0.3) is 11.3 Å². The van der Waals surface area contributed by atoms with E-state index in [1.165, 1.54) is 24.3 Å². The maximum absolute atomic E-state index is 13.0. The molecule has 1 fully saturated rings. The Bertz CT molecular complexity index is 1430. The summed E-state index contributed by atoms with van der Waals surface area (Å²) in [6.45, 7) is 1.21. The Morgan fingerprint density at radius 2 is 1.79 bits per heavy atom. The molecule has 0 aliphatic carbocycles. The molecular formula is C20H14Cl3N3O7S. The first-order valence-corrected chi connectivity index (χ1v) is 12.1. The molecule has 0 saturated carbocycles. The summed E-state index contributed by atoms with van der Waals surface area (Å²) in [5.41, 5.74) is -1.99. The Balaban J connectivity index is 1.72. The second-order valence-corrected chi connectivity index (χ2v) is 11.0. The first-order chi connectivity index (χ1) is 15.9. The molecule has 178 valence electrons. The van der Waals surface area contributed by atoms with Gasteiger partial charge in [-0.2, -0.15) is 4.31 Å². The summed E-state index contributed by atoms with van der Waals surface area (Å²) in [4.78, 5) is 22.2. The molecule has 1 aliphatic rings. The highest BCUT2D eigenvalue weighted by Crippen LogP contribution is 2.45. The van der Waals surface area contributed by atoms with Gasteiger partial charge in [-0.25, -0.2) is 13.2 Å². The van der Waals surface area contributed by atoms with Crippen LogP contribution in [0.4, 0.5) is 5.69 Å². The van der Waals surface area contributed by atoms with E-state index in [0.29, 0.717) is 0 Å². The molecule has 1 N–H and O–H groups in total. The van der Waals surface area contributed by atoms with Gasteiger partial charge in [0.1, 0.15) is 11.3 Å². The largest absolute Gasteiger partial charge is 0.477 e. The lowest BCUT2D eigenvalue weighted by Crippen LogP contribution is -2.59. The zero-order valence-electron chi connectivity index (χ0n) is 17.2. The van der Waals surface area contributed by atoms with E-state index >= 15 is 0 Å². The zero-order chi connectivity index (χ0) is 25.0. The van der Waals surface area contributed by atoms with Gasteiger partial charge in [0.2, 0.25) is 10.0 Å². The molecule has 3 aromatic rings. The molecule has 0 unspecified atom stereocenters. The number of benzene rings is 2. The monoisotopic (exact) mass is 545 g/mol. The maximum Gasteiger partial charge on any atom is 0.341 e. The first-order valence-electron chi connectivity index (χ1n) is 9.49. The van der Waals surface area contributed by atoms with Gasteiger partial charge in [0.05, 0.1) is 20.4 Å². The van der Waals surface area contributed by atoms with Crippen LogP contribution in [0.1, 0.15) is 23.0 Å². The van der Waals surface area contributed by atoms with Crippen LogP contribution in [-0.4, -0.2) is 47.0 Å². The van der Waals surface area contributed by atoms with Gasteiger partial charge in [0, 0.05) is 29.7 Å². The molecule has 0 bridgehead atoms. The fourth-order valence-corrected chi connectivity index (χ4v) is 6.69. The number of nitro groups is 1. The molecule has 0 amide bonds. The summed E-state index contributed by atoms with van der Waals surface area (Å²) in [5.74, 6) is -1.46. The molecule has 10 nitrogen and oxygen atoms in total. The van der Waals surface area contributed by atoms with E-state index in [1.807, 2.05) is 0 Å². The van der Waals surface area contributed by atoms with Crippen molar-refractivity contribution in [3.8, 4) is 11.3 Å². The van der Waals surface area contributed by atoms with Gasteiger partial charge in [-0.3, -0.25) is 10.1 Å². The Hall–Kier alpha value is -2.70. The molecule has 0 atom stereocenters. The van der Waals surface area contributed by atoms with Crippen molar-refractivity contribution in [2.75, 3.05) is 13.1 Å². The highest BCUT2D eigenvalue weighted by Gasteiger charge is 2.52. The minimum absolute atomic E-state index is 0.0548. The van der Waals surface area contributed by atoms with Crippen LogP contribution in [0.5, 0.6) is 0 Å². The number of aromatic nitrogens is 1. The van der Waals surface area contributed by atoms with Crippen LogP contribution in [0, 0.1) is 10.1 Å². The van der Waals surface area contributed by atoms with Gasteiger partial charge in [0.15, 0.2) is 10.7 Å². The average Bonchev–Trinajstić information content (AvgIpc) is 3.16. The van der Waals surface area contributed by atoms with Crippen molar-refractivity contribution in [3.05, 3.63) is 72.9 Å². The highest BCUT2D eigenvalue weighted by molar-refractivity contribution is 7.89. The summed E-state index contributed by atoms with van der Waals surface area (Å²) in [7, 11) is -4.23. The third-order valence-electron chi connectivity index (χ3n) is 5.43. The predicted molar refractivity (Wildman–Crippen MR) is 123 cm³/mol. The van der Waals surface area contributed by atoms with E-state index in [1.54, 1.807) is 6.92 Å². The fourth-order valence-electron chi connectivity index (χ4n) is 3.85. The molecule has 1 aromatic heterocycles. The molecule has 2 aromatic carbocycles. The van der Waals surface area contributed by atoms with Gasteiger partial charge < -0.3 is 9.63 Å². The van der Waals surface area contributed by atoms with E-state index in [9.17, 15) is 28.4 Å². The SMILES string of the molecule is CC1(c2onc(-c3c(Cl)cc(Cl)cc3Cl)c2C(=O)O)CN(S(=O)(=O)c2ccccc2[N+](=O)[O-])C1. The lowest BCUT2D eigenvalue weighted by Gasteiger charge is -2.45. The topological polar surface area (TPSA) is 144 Å². The Labute approximate surface area is 207 Å². The fraction of sp³-hybridized carbons (Fsp3) is 0.200. The Morgan fingerprint density at radius 3 is 2.35 bits per heavy atom. The number of para-hydroxylation sites is 1. The number of hydrogen-bond acceptors (Lipinski definition) is 7. The molecular weight excluding hydrogens is 533 g/mol. The standard InChI is InChI=1S/C20H14Cl3N3O7S/c1-20(8-25(9-20)34(31,32)14-5-3-2-4-13(14)26(29)30)18-16(19(27)28)17(24-33-18)15-11(22)6-10(21)7-12(15)23/h2-7H,8-9H2,1H3,(H,27,28). The first kappa shape index (κ1) is 24.4. The van der Waals surface area contributed by atoms with Gasteiger partial charge in [-0.05, 0) is 25.1 Å². The van der Waals surface area contributed by atoms with Crippen LogP contribution < -0.4 is 0 Å². The van der Waals surface area contributed by atoms with Crippen LogP contribution in [0.3, 0.4) is 0 Å². The Morgan fingerprint density at radius 1 is 1.21 bits per heavy atom. The number of carboxylic acids is 1. The Kier molecular flexibility index (Phi) is 6.11. The summed E-state index contributed by atoms with van der Waals surface area (Å²) >= 11 is 18.4. The van der Waals surface area contributed by atoms with E-state index in [0.717, 1.165) is 16.4 Å². The minimum Gasteiger partial charge on any atom is -0.477 e. The zero-order valence-corrected chi connectivity index (χ0v) is 20.2. The molecule has 1 saturated heterocycles. The van der Waals surface area contributed by atoms with Crippen molar-refractivity contribution in [3.63, 3.8) is 0 Å². The molecule has 0 radical (unpaired) electrons.